The van der Waals surface area contributed by atoms with Crippen molar-refractivity contribution >= 4 is 6.01 Å². The van der Waals surface area contributed by atoms with Gasteiger partial charge in [-0.1, -0.05) is 32.8 Å². The molecule has 0 unspecified atom stereocenters. The minimum atomic E-state index is 0.401. The van der Waals surface area contributed by atoms with Gasteiger partial charge in [0.2, 0.25) is 5.89 Å². The van der Waals surface area contributed by atoms with Crippen LogP contribution in [0, 0.1) is 5.92 Å². The normalized spacial score (nSPS) is 11.4. The monoisotopic (exact) mass is 256 g/mol. The summed E-state index contributed by atoms with van der Waals surface area (Å²) in [4.78, 5) is 0. The van der Waals surface area contributed by atoms with E-state index >= 15 is 0 Å². The Balaban J connectivity index is 2.15. The molecule has 0 saturated carbocycles. The lowest BCUT2D eigenvalue weighted by molar-refractivity contribution is 0.118. The predicted octanol–water partition coefficient (Wildman–Crippen LogP) is 1.65. The minimum Gasteiger partial charge on any atom is -0.407 e. The molecule has 0 atom stereocenters. The molecule has 0 aliphatic carbocycles. The summed E-state index contributed by atoms with van der Waals surface area (Å²) in [6.07, 6.45) is 0. The Kier molecular flexibility index (Phi) is 6.67. The van der Waals surface area contributed by atoms with E-state index in [9.17, 15) is 0 Å². The highest BCUT2D eigenvalue weighted by molar-refractivity contribution is 5.16. The first-order chi connectivity index (χ1) is 8.58. The third-order valence-electron chi connectivity index (χ3n) is 2.10. The van der Waals surface area contributed by atoms with E-state index in [-0.39, 0.29) is 0 Å². The number of hydrogen-bond acceptors (Lipinski definition) is 6. The van der Waals surface area contributed by atoms with E-state index in [1.165, 1.54) is 0 Å². The first-order valence-corrected chi connectivity index (χ1v) is 6.45. The van der Waals surface area contributed by atoms with Gasteiger partial charge in [0.25, 0.3) is 0 Å². The summed E-state index contributed by atoms with van der Waals surface area (Å²) < 4.78 is 10.8. The maximum Gasteiger partial charge on any atom is 0.315 e. The molecule has 2 N–H and O–H groups in total. The summed E-state index contributed by atoms with van der Waals surface area (Å²) in [7, 11) is 0. The molecule has 0 bridgehead atoms. The van der Waals surface area contributed by atoms with Crippen LogP contribution in [-0.4, -0.2) is 36.0 Å². The quantitative estimate of drug-likeness (QED) is 0.655. The number of nitrogens with zero attached hydrogens (tertiary/aromatic N) is 2. The zero-order chi connectivity index (χ0) is 13.4. The van der Waals surface area contributed by atoms with Crippen molar-refractivity contribution in [3.63, 3.8) is 0 Å². The second-order valence-electron chi connectivity index (χ2n) is 4.93. The fraction of sp³-hybridized carbons (Fsp3) is 0.833. The highest BCUT2D eigenvalue weighted by Gasteiger charge is 2.05. The molecule has 1 heterocycles. The molecule has 0 saturated heterocycles. The molecule has 104 valence electrons. The summed E-state index contributed by atoms with van der Waals surface area (Å²) in [5.41, 5.74) is 0. The summed E-state index contributed by atoms with van der Waals surface area (Å²) in [6.45, 7) is 11.1. The highest BCUT2D eigenvalue weighted by Crippen LogP contribution is 2.04. The number of anilines is 1. The van der Waals surface area contributed by atoms with E-state index in [0.29, 0.717) is 43.6 Å². The first kappa shape index (κ1) is 14.9. The van der Waals surface area contributed by atoms with E-state index in [0.717, 1.165) is 6.61 Å². The Morgan fingerprint density at radius 1 is 1.22 bits per heavy atom. The van der Waals surface area contributed by atoms with Gasteiger partial charge in [-0.2, -0.15) is 0 Å². The minimum absolute atomic E-state index is 0.401. The van der Waals surface area contributed by atoms with E-state index < -0.39 is 0 Å². The van der Waals surface area contributed by atoms with Crippen molar-refractivity contribution in [2.75, 3.05) is 25.1 Å². The molecule has 0 aromatic carbocycles. The van der Waals surface area contributed by atoms with Gasteiger partial charge >= 0.3 is 6.01 Å². The predicted molar refractivity (Wildman–Crippen MR) is 70.4 cm³/mol. The number of hydrogen-bond donors (Lipinski definition) is 2. The van der Waals surface area contributed by atoms with Crippen LogP contribution in [0.3, 0.4) is 0 Å². The van der Waals surface area contributed by atoms with Gasteiger partial charge in [0.1, 0.15) is 0 Å². The summed E-state index contributed by atoms with van der Waals surface area (Å²) >= 11 is 0. The van der Waals surface area contributed by atoms with E-state index in [4.69, 9.17) is 9.15 Å². The van der Waals surface area contributed by atoms with Gasteiger partial charge in [-0.15, -0.1) is 5.10 Å². The summed E-state index contributed by atoms with van der Waals surface area (Å²) in [5, 5.41) is 14.1. The fourth-order valence-corrected chi connectivity index (χ4v) is 1.24. The summed E-state index contributed by atoms with van der Waals surface area (Å²) in [5.74, 6) is 1.15. The van der Waals surface area contributed by atoms with Crippen LogP contribution < -0.4 is 10.6 Å². The standard InChI is InChI=1S/C12H24N4O2/c1-9(2)8-17-6-5-13-12-16-15-11(18-12)7-14-10(3)4/h9-10,14H,5-8H2,1-4H3,(H,13,16). The van der Waals surface area contributed by atoms with Crippen LogP contribution in [-0.2, 0) is 11.3 Å². The molecule has 1 rings (SSSR count). The van der Waals surface area contributed by atoms with Crippen LogP contribution in [0.2, 0.25) is 0 Å². The zero-order valence-corrected chi connectivity index (χ0v) is 11.7. The van der Waals surface area contributed by atoms with Crippen molar-refractivity contribution in [1.29, 1.82) is 0 Å². The number of aromatic nitrogens is 2. The largest absolute Gasteiger partial charge is 0.407 e. The molecule has 1 aromatic rings. The molecule has 0 aliphatic rings. The van der Waals surface area contributed by atoms with Crippen LogP contribution in [0.15, 0.2) is 4.42 Å². The van der Waals surface area contributed by atoms with Gasteiger partial charge in [-0.25, -0.2) is 0 Å². The van der Waals surface area contributed by atoms with Crippen molar-refractivity contribution in [3.05, 3.63) is 5.89 Å². The zero-order valence-electron chi connectivity index (χ0n) is 11.7. The van der Waals surface area contributed by atoms with Crippen LogP contribution >= 0.6 is 0 Å². The van der Waals surface area contributed by atoms with Crippen LogP contribution in [0.25, 0.3) is 0 Å². The fourth-order valence-electron chi connectivity index (χ4n) is 1.24. The van der Waals surface area contributed by atoms with Crippen LogP contribution in [0.5, 0.6) is 0 Å². The van der Waals surface area contributed by atoms with Crippen molar-refractivity contribution < 1.29 is 9.15 Å². The molecule has 0 aliphatic heterocycles. The SMILES string of the molecule is CC(C)COCCNc1nnc(CNC(C)C)o1. The van der Waals surface area contributed by atoms with Crippen LogP contribution in [0.1, 0.15) is 33.6 Å². The van der Waals surface area contributed by atoms with E-state index in [2.05, 4.69) is 48.5 Å². The molecule has 0 fully saturated rings. The van der Waals surface area contributed by atoms with E-state index in [1.807, 2.05) is 0 Å². The first-order valence-electron chi connectivity index (χ1n) is 6.45. The Bertz CT molecular complexity index is 326. The van der Waals surface area contributed by atoms with Gasteiger partial charge < -0.3 is 19.8 Å². The maximum absolute atomic E-state index is 5.44. The van der Waals surface area contributed by atoms with E-state index in [1.54, 1.807) is 0 Å². The molecule has 6 heteroatoms. The molecule has 0 amide bonds. The second kappa shape index (κ2) is 8.05. The van der Waals surface area contributed by atoms with Gasteiger partial charge in [0.05, 0.1) is 13.2 Å². The van der Waals surface area contributed by atoms with Crippen molar-refractivity contribution in [3.8, 4) is 0 Å². The summed E-state index contributed by atoms with van der Waals surface area (Å²) in [6, 6.07) is 0.849. The molecule has 1 aromatic heterocycles. The molecule has 0 spiro atoms. The number of ether oxygens (including phenoxy) is 1. The van der Waals surface area contributed by atoms with Crippen molar-refractivity contribution in [1.82, 2.24) is 15.5 Å². The molecule has 6 nitrogen and oxygen atoms in total. The maximum atomic E-state index is 5.44. The lowest BCUT2D eigenvalue weighted by atomic mass is 10.2. The molecular formula is C12H24N4O2. The third-order valence-corrected chi connectivity index (χ3v) is 2.10. The number of nitrogens with one attached hydrogen (secondary N) is 2. The Morgan fingerprint density at radius 2 is 2.00 bits per heavy atom. The average molecular weight is 256 g/mol. The van der Waals surface area contributed by atoms with Crippen molar-refractivity contribution in [2.45, 2.75) is 40.3 Å². The highest BCUT2D eigenvalue weighted by atomic mass is 16.5. The average Bonchev–Trinajstić information content (AvgIpc) is 2.73. The Hall–Kier alpha value is -1.14. The van der Waals surface area contributed by atoms with Gasteiger partial charge in [0, 0.05) is 19.2 Å². The van der Waals surface area contributed by atoms with Crippen LogP contribution in [0.4, 0.5) is 6.01 Å². The van der Waals surface area contributed by atoms with Gasteiger partial charge in [-0.3, -0.25) is 0 Å². The number of rotatable bonds is 9. The Morgan fingerprint density at radius 3 is 2.67 bits per heavy atom. The lowest BCUT2D eigenvalue weighted by Gasteiger charge is -2.06. The topological polar surface area (TPSA) is 72.2 Å². The van der Waals surface area contributed by atoms with Gasteiger partial charge in [0.15, 0.2) is 0 Å². The Labute approximate surface area is 108 Å². The van der Waals surface area contributed by atoms with Crippen molar-refractivity contribution in [2.24, 2.45) is 5.92 Å². The van der Waals surface area contributed by atoms with Gasteiger partial charge in [-0.05, 0) is 5.92 Å². The second-order valence-corrected chi connectivity index (χ2v) is 4.93. The molecule has 18 heavy (non-hydrogen) atoms. The molecule has 0 radical (unpaired) electrons. The lowest BCUT2D eigenvalue weighted by Crippen LogP contribution is -2.21. The smallest absolute Gasteiger partial charge is 0.315 e. The molecular weight excluding hydrogens is 232 g/mol. The third kappa shape index (κ3) is 6.56.